The minimum absolute atomic E-state index is 0.119. The third-order valence-corrected chi connectivity index (χ3v) is 2.32. The van der Waals surface area contributed by atoms with Crippen molar-refractivity contribution in [1.82, 2.24) is 0 Å². The number of benzene rings is 1. The van der Waals surface area contributed by atoms with Crippen LogP contribution in [0, 0.1) is 5.82 Å². The summed E-state index contributed by atoms with van der Waals surface area (Å²) in [5, 5.41) is -0.119. The normalized spacial score (nSPS) is 12.5. The molecule has 0 saturated carbocycles. The summed E-state index contributed by atoms with van der Waals surface area (Å²) < 4.78 is 12.6. The average Bonchev–Trinajstić information content (AvgIpc) is 2.04. The first-order valence-corrected chi connectivity index (χ1v) is 4.48. The molecular formula is C9H9FOS. The molecule has 0 aromatic heterocycles. The van der Waals surface area contributed by atoms with Crippen molar-refractivity contribution < 1.29 is 9.18 Å². The van der Waals surface area contributed by atoms with Gasteiger partial charge in [-0.1, -0.05) is 6.07 Å². The molecule has 3 heteroatoms. The van der Waals surface area contributed by atoms with E-state index >= 15 is 0 Å². The lowest BCUT2D eigenvalue weighted by Crippen LogP contribution is -1.95. The molecule has 1 nitrogen and oxygen atoms in total. The maximum atomic E-state index is 12.6. The van der Waals surface area contributed by atoms with Crippen LogP contribution in [0.25, 0.3) is 0 Å². The number of carbonyl (C=O) groups is 1. The zero-order valence-corrected chi connectivity index (χ0v) is 7.48. The van der Waals surface area contributed by atoms with Crippen LogP contribution in [0.3, 0.4) is 0 Å². The lowest BCUT2D eigenvalue weighted by Gasteiger charge is -2.02. The SMILES string of the molecule is CC(C=O)Sc1cccc(F)c1. The van der Waals surface area contributed by atoms with Crippen molar-refractivity contribution in [2.75, 3.05) is 0 Å². The second-order valence-electron chi connectivity index (χ2n) is 2.42. The fourth-order valence-electron chi connectivity index (χ4n) is 0.783. The maximum Gasteiger partial charge on any atom is 0.133 e. The first-order chi connectivity index (χ1) is 5.72. The van der Waals surface area contributed by atoms with Crippen LogP contribution in [0.4, 0.5) is 4.39 Å². The molecule has 0 bridgehead atoms. The van der Waals surface area contributed by atoms with E-state index in [1.165, 1.54) is 23.9 Å². The predicted octanol–water partition coefficient (Wildman–Crippen LogP) is 2.51. The van der Waals surface area contributed by atoms with E-state index in [0.717, 1.165) is 11.2 Å². The van der Waals surface area contributed by atoms with Crippen molar-refractivity contribution in [3.8, 4) is 0 Å². The smallest absolute Gasteiger partial charge is 0.133 e. The van der Waals surface area contributed by atoms with Gasteiger partial charge in [0.1, 0.15) is 12.1 Å². The molecule has 0 fully saturated rings. The standard InChI is InChI=1S/C9H9FOS/c1-7(6-11)12-9-4-2-3-8(10)5-9/h2-7H,1H3. The van der Waals surface area contributed by atoms with Gasteiger partial charge in [-0.25, -0.2) is 4.39 Å². The number of hydrogen-bond donors (Lipinski definition) is 0. The van der Waals surface area contributed by atoms with Crippen LogP contribution in [0.15, 0.2) is 29.2 Å². The van der Waals surface area contributed by atoms with E-state index in [-0.39, 0.29) is 11.1 Å². The van der Waals surface area contributed by atoms with E-state index < -0.39 is 0 Å². The van der Waals surface area contributed by atoms with E-state index in [1.54, 1.807) is 19.1 Å². The number of rotatable bonds is 3. The summed E-state index contributed by atoms with van der Waals surface area (Å²) in [6, 6.07) is 6.23. The highest BCUT2D eigenvalue weighted by Crippen LogP contribution is 2.22. The number of hydrogen-bond acceptors (Lipinski definition) is 2. The second kappa shape index (κ2) is 4.26. The molecule has 0 amide bonds. The van der Waals surface area contributed by atoms with Gasteiger partial charge in [0.2, 0.25) is 0 Å². The summed E-state index contributed by atoms with van der Waals surface area (Å²) in [4.78, 5) is 11.1. The topological polar surface area (TPSA) is 17.1 Å². The summed E-state index contributed by atoms with van der Waals surface area (Å²) in [6.07, 6.45) is 0.843. The Morgan fingerprint density at radius 1 is 1.58 bits per heavy atom. The van der Waals surface area contributed by atoms with Crippen molar-refractivity contribution in [2.24, 2.45) is 0 Å². The van der Waals surface area contributed by atoms with E-state index in [9.17, 15) is 9.18 Å². The average molecular weight is 184 g/mol. The summed E-state index contributed by atoms with van der Waals surface area (Å²) in [5.74, 6) is -0.266. The van der Waals surface area contributed by atoms with Gasteiger partial charge in [0, 0.05) is 4.90 Å². The van der Waals surface area contributed by atoms with E-state index in [0.29, 0.717) is 0 Å². The molecule has 1 atom stereocenters. The molecule has 12 heavy (non-hydrogen) atoms. The van der Waals surface area contributed by atoms with Gasteiger partial charge in [0.05, 0.1) is 5.25 Å². The molecule has 0 heterocycles. The van der Waals surface area contributed by atoms with Crippen molar-refractivity contribution in [3.63, 3.8) is 0 Å². The Morgan fingerprint density at radius 3 is 2.92 bits per heavy atom. The fraction of sp³-hybridized carbons (Fsp3) is 0.222. The van der Waals surface area contributed by atoms with Crippen molar-refractivity contribution >= 4 is 18.0 Å². The number of halogens is 1. The van der Waals surface area contributed by atoms with Crippen LogP contribution in [-0.4, -0.2) is 11.5 Å². The van der Waals surface area contributed by atoms with Crippen molar-refractivity contribution in [3.05, 3.63) is 30.1 Å². The third-order valence-electron chi connectivity index (χ3n) is 1.31. The van der Waals surface area contributed by atoms with Gasteiger partial charge in [-0.15, -0.1) is 11.8 Å². The monoisotopic (exact) mass is 184 g/mol. The molecule has 1 aromatic rings. The molecule has 1 aromatic carbocycles. The molecule has 0 aliphatic heterocycles. The van der Waals surface area contributed by atoms with Crippen LogP contribution in [-0.2, 0) is 4.79 Å². The zero-order chi connectivity index (χ0) is 8.97. The minimum atomic E-state index is -0.266. The summed E-state index contributed by atoms with van der Waals surface area (Å²) in [6.45, 7) is 1.78. The molecule has 0 aliphatic rings. The maximum absolute atomic E-state index is 12.6. The molecule has 1 unspecified atom stereocenters. The lowest BCUT2D eigenvalue weighted by atomic mass is 10.3. The van der Waals surface area contributed by atoms with Gasteiger partial charge in [-0.3, -0.25) is 0 Å². The van der Waals surface area contributed by atoms with Gasteiger partial charge < -0.3 is 4.79 Å². The third kappa shape index (κ3) is 2.66. The molecular weight excluding hydrogens is 175 g/mol. The van der Waals surface area contributed by atoms with E-state index in [4.69, 9.17) is 0 Å². The van der Waals surface area contributed by atoms with Gasteiger partial charge >= 0.3 is 0 Å². The number of carbonyl (C=O) groups excluding carboxylic acids is 1. The Kier molecular flexibility index (Phi) is 3.29. The lowest BCUT2D eigenvalue weighted by molar-refractivity contribution is -0.107. The predicted molar refractivity (Wildman–Crippen MR) is 47.8 cm³/mol. The fourth-order valence-corrected chi connectivity index (χ4v) is 1.61. The summed E-state index contributed by atoms with van der Waals surface area (Å²) in [7, 11) is 0. The quantitative estimate of drug-likeness (QED) is 0.530. The van der Waals surface area contributed by atoms with Crippen LogP contribution in [0.2, 0.25) is 0 Å². The largest absolute Gasteiger partial charge is 0.302 e. The van der Waals surface area contributed by atoms with Crippen molar-refractivity contribution in [2.45, 2.75) is 17.1 Å². The minimum Gasteiger partial charge on any atom is -0.302 e. The molecule has 0 spiro atoms. The first-order valence-electron chi connectivity index (χ1n) is 3.60. The molecule has 0 aliphatic carbocycles. The number of aldehydes is 1. The van der Waals surface area contributed by atoms with Gasteiger partial charge in [0.15, 0.2) is 0 Å². The van der Waals surface area contributed by atoms with Crippen LogP contribution < -0.4 is 0 Å². The summed E-state index contributed by atoms with van der Waals surface area (Å²) in [5.41, 5.74) is 0. The number of thioether (sulfide) groups is 1. The van der Waals surface area contributed by atoms with Crippen LogP contribution >= 0.6 is 11.8 Å². The molecule has 1 rings (SSSR count). The van der Waals surface area contributed by atoms with Gasteiger partial charge in [-0.2, -0.15) is 0 Å². The highest BCUT2D eigenvalue weighted by atomic mass is 32.2. The Bertz CT molecular complexity index is 275. The molecule has 0 radical (unpaired) electrons. The molecule has 0 N–H and O–H groups in total. The molecule has 0 saturated heterocycles. The highest BCUT2D eigenvalue weighted by Gasteiger charge is 2.02. The van der Waals surface area contributed by atoms with E-state index in [2.05, 4.69) is 0 Å². The van der Waals surface area contributed by atoms with Crippen molar-refractivity contribution in [1.29, 1.82) is 0 Å². The van der Waals surface area contributed by atoms with Crippen LogP contribution in [0.1, 0.15) is 6.92 Å². The van der Waals surface area contributed by atoms with E-state index in [1.807, 2.05) is 0 Å². The Hall–Kier alpha value is -0.830. The highest BCUT2D eigenvalue weighted by molar-refractivity contribution is 8.00. The summed E-state index contributed by atoms with van der Waals surface area (Å²) >= 11 is 1.35. The second-order valence-corrected chi connectivity index (χ2v) is 3.87. The van der Waals surface area contributed by atoms with Crippen LogP contribution in [0.5, 0.6) is 0 Å². The zero-order valence-electron chi connectivity index (χ0n) is 6.66. The Labute approximate surface area is 75.0 Å². The van der Waals surface area contributed by atoms with Gasteiger partial charge in [0.25, 0.3) is 0 Å². The molecule has 64 valence electrons. The Morgan fingerprint density at radius 2 is 2.33 bits per heavy atom. The Balaban J connectivity index is 2.69. The van der Waals surface area contributed by atoms with Gasteiger partial charge in [-0.05, 0) is 25.1 Å². The first kappa shape index (κ1) is 9.26.